The van der Waals surface area contributed by atoms with Crippen LogP contribution in [0.1, 0.15) is 52.4 Å². The molecule has 2 aliphatic rings. The van der Waals surface area contributed by atoms with E-state index in [1.807, 2.05) is 0 Å². The van der Waals surface area contributed by atoms with Crippen LogP contribution in [0.3, 0.4) is 0 Å². The predicted octanol–water partition coefficient (Wildman–Crippen LogP) is 1.18. The molecule has 2 rings (SSSR count). The molecule has 3 atom stereocenters. The maximum absolute atomic E-state index is 12.3. The molecule has 1 aliphatic carbocycles. The van der Waals surface area contributed by atoms with Crippen LogP contribution in [0.25, 0.3) is 0 Å². The molecular formula is C14H26N2O2. The van der Waals surface area contributed by atoms with Crippen molar-refractivity contribution in [3.63, 3.8) is 0 Å². The van der Waals surface area contributed by atoms with Crippen LogP contribution in [-0.4, -0.2) is 35.7 Å². The average molecular weight is 254 g/mol. The Bertz CT molecular complexity index is 304. The Balaban J connectivity index is 1.94. The molecule has 18 heavy (non-hydrogen) atoms. The minimum Gasteiger partial charge on any atom is -0.391 e. The molecule has 0 aromatic carbocycles. The lowest BCUT2D eigenvalue weighted by atomic mass is 9.77. The van der Waals surface area contributed by atoms with Crippen molar-refractivity contribution < 1.29 is 9.90 Å². The van der Waals surface area contributed by atoms with Crippen LogP contribution < -0.4 is 10.6 Å². The zero-order chi connectivity index (χ0) is 13.2. The van der Waals surface area contributed by atoms with Crippen LogP contribution in [0, 0.1) is 5.41 Å². The molecule has 0 aromatic rings. The molecule has 104 valence electrons. The number of amides is 1. The van der Waals surface area contributed by atoms with Crippen molar-refractivity contribution in [2.45, 2.75) is 70.6 Å². The minimum absolute atomic E-state index is 0.00194. The lowest BCUT2D eigenvalue weighted by molar-refractivity contribution is -0.128. The zero-order valence-electron chi connectivity index (χ0n) is 11.5. The number of nitrogens with one attached hydrogen (secondary N) is 2. The van der Waals surface area contributed by atoms with E-state index in [0.717, 1.165) is 45.1 Å². The monoisotopic (exact) mass is 254 g/mol. The summed E-state index contributed by atoms with van der Waals surface area (Å²) in [4.78, 5) is 12.3. The van der Waals surface area contributed by atoms with Gasteiger partial charge in [0, 0.05) is 0 Å². The second kappa shape index (κ2) is 5.57. The van der Waals surface area contributed by atoms with Crippen molar-refractivity contribution in [3.05, 3.63) is 0 Å². The van der Waals surface area contributed by atoms with Crippen LogP contribution in [0.15, 0.2) is 0 Å². The molecule has 1 aliphatic heterocycles. The SMILES string of the molecule is CC1(C)CCCNC1C(=O)NC1CCCCC1O. The third kappa shape index (κ3) is 3.04. The van der Waals surface area contributed by atoms with Gasteiger partial charge in [0.05, 0.1) is 18.2 Å². The van der Waals surface area contributed by atoms with Gasteiger partial charge in [-0.05, 0) is 37.6 Å². The van der Waals surface area contributed by atoms with Crippen LogP contribution in [0.5, 0.6) is 0 Å². The number of hydrogen-bond acceptors (Lipinski definition) is 3. The van der Waals surface area contributed by atoms with Gasteiger partial charge < -0.3 is 15.7 Å². The van der Waals surface area contributed by atoms with Gasteiger partial charge in [0.1, 0.15) is 0 Å². The molecule has 0 aromatic heterocycles. The van der Waals surface area contributed by atoms with E-state index >= 15 is 0 Å². The smallest absolute Gasteiger partial charge is 0.237 e. The van der Waals surface area contributed by atoms with Crippen molar-refractivity contribution in [2.24, 2.45) is 5.41 Å². The van der Waals surface area contributed by atoms with Gasteiger partial charge in [0.15, 0.2) is 0 Å². The van der Waals surface area contributed by atoms with Gasteiger partial charge in [-0.3, -0.25) is 4.79 Å². The van der Waals surface area contributed by atoms with Gasteiger partial charge in [0.2, 0.25) is 5.91 Å². The molecule has 0 radical (unpaired) electrons. The Morgan fingerprint density at radius 2 is 2.00 bits per heavy atom. The Labute approximate surface area is 110 Å². The van der Waals surface area contributed by atoms with Crippen LogP contribution in [0.4, 0.5) is 0 Å². The normalized spacial score (nSPS) is 36.1. The molecule has 0 spiro atoms. The maximum atomic E-state index is 12.3. The standard InChI is InChI=1S/C14H26N2O2/c1-14(2)8-5-9-15-12(14)13(18)16-10-6-3-4-7-11(10)17/h10-12,15,17H,3-9H2,1-2H3,(H,16,18). The largest absolute Gasteiger partial charge is 0.391 e. The first kappa shape index (κ1) is 13.8. The molecule has 1 saturated heterocycles. The molecular weight excluding hydrogens is 228 g/mol. The highest BCUT2D eigenvalue weighted by atomic mass is 16.3. The summed E-state index contributed by atoms with van der Waals surface area (Å²) in [7, 11) is 0. The summed E-state index contributed by atoms with van der Waals surface area (Å²) in [6.45, 7) is 5.19. The van der Waals surface area contributed by atoms with Gasteiger partial charge >= 0.3 is 0 Å². The van der Waals surface area contributed by atoms with E-state index in [-0.39, 0.29) is 29.5 Å². The van der Waals surface area contributed by atoms with E-state index in [4.69, 9.17) is 0 Å². The third-order valence-electron chi connectivity index (χ3n) is 4.45. The zero-order valence-corrected chi connectivity index (χ0v) is 11.5. The lowest BCUT2D eigenvalue weighted by Gasteiger charge is -2.39. The molecule has 1 saturated carbocycles. The fourth-order valence-electron chi connectivity index (χ4n) is 3.20. The number of aliphatic hydroxyl groups is 1. The maximum Gasteiger partial charge on any atom is 0.237 e. The first-order valence-electron chi connectivity index (χ1n) is 7.22. The summed E-state index contributed by atoms with van der Waals surface area (Å²) >= 11 is 0. The number of hydrogen-bond donors (Lipinski definition) is 3. The number of carbonyl (C=O) groups is 1. The van der Waals surface area contributed by atoms with Crippen molar-refractivity contribution in [1.29, 1.82) is 0 Å². The summed E-state index contributed by atoms with van der Waals surface area (Å²) in [5.74, 6) is 0.0608. The number of carbonyl (C=O) groups excluding carboxylic acids is 1. The van der Waals surface area contributed by atoms with Gasteiger partial charge in [-0.15, -0.1) is 0 Å². The van der Waals surface area contributed by atoms with Crippen molar-refractivity contribution in [3.8, 4) is 0 Å². The summed E-state index contributed by atoms with van der Waals surface area (Å²) in [5.41, 5.74) is 0.00194. The average Bonchev–Trinajstić information content (AvgIpc) is 2.31. The molecule has 4 heteroatoms. The van der Waals surface area contributed by atoms with E-state index in [1.54, 1.807) is 0 Å². The van der Waals surface area contributed by atoms with Crippen LogP contribution >= 0.6 is 0 Å². The second-order valence-corrected chi connectivity index (χ2v) is 6.45. The second-order valence-electron chi connectivity index (χ2n) is 6.45. The molecule has 4 nitrogen and oxygen atoms in total. The number of piperidine rings is 1. The quantitative estimate of drug-likeness (QED) is 0.693. The molecule has 3 N–H and O–H groups in total. The van der Waals surface area contributed by atoms with Crippen molar-refractivity contribution in [2.75, 3.05) is 6.54 Å². The minimum atomic E-state index is -0.366. The fourth-order valence-corrected chi connectivity index (χ4v) is 3.20. The Hall–Kier alpha value is -0.610. The fraction of sp³-hybridized carbons (Fsp3) is 0.929. The highest BCUT2D eigenvalue weighted by Gasteiger charge is 2.38. The number of aliphatic hydroxyl groups excluding tert-OH is 1. The van der Waals surface area contributed by atoms with Gasteiger partial charge in [0.25, 0.3) is 0 Å². The highest BCUT2D eigenvalue weighted by molar-refractivity contribution is 5.83. The van der Waals surface area contributed by atoms with E-state index in [2.05, 4.69) is 24.5 Å². The van der Waals surface area contributed by atoms with E-state index in [1.165, 1.54) is 0 Å². The number of rotatable bonds is 2. The first-order chi connectivity index (χ1) is 8.50. The van der Waals surface area contributed by atoms with E-state index in [0.29, 0.717) is 0 Å². The molecule has 1 heterocycles. The van der Waals surface area contributed by atoms with E-state index < -0.39 is 0 Å². The summed E-state index contributed by atoms with van der Waals surface area (Å²) in [5, 5.41) is 16.3. The van der Waals surface area contributed by atoms with Crippen LogP contribution in [-0.2, 0) is 4.79 Å². The molecule has 2 fully saturated rings. The predicted molar refractivity (Wildman–Crippen MR) is 71.2 cm³/mol. The Morgan fingerprint density at radius 3 is 2.67 bits per heavy atom. The molecule has 3 unspecified atom stereocenters. The Morgan fingerprint density at radius 1 is 1.28 bits per heavy atom. The van der Waals surface area contributed by atoms with Crippen molar-refractivity contribution >= 4 is 5.91 Å². The first-order valence-corrected chi connectivity index (χ1v) is 7.22. The summed E-state index contributed by atoms with van der Waals surface area (Å²) in [6.07, 6.45) is 5.72. The topological polar surface area (TPSA) is 61.4 Å². The molecule has 1 amide bonds. The summed E-state index contributed by atoms with van der Waals surface area (Å²) in [6, 6.07) is -0.175. The van der Waals surface area contributed by atoms with Crippen molar-refractivity contribution in [1.82, 2.24) is 10.6 Å². The molecule has 0 bridgehead atoms. The van der Waals surface area contributed by atoms with Gasteiger partial charge in [-0.2, -0.15) is 0 Å². The lowest BCUT2D eigenvalue weighted by Crippen LogP contribution is -2.58. The van der Waals surface area contributed by atoms with Gasteiger partial charge in [-0.1, -0.05) is 26.7 Å². The Kier molecular flexibility index (Phi) is 4.28. The summed E-state index contributed by atoms with van der Waals surface area (Å²) < 4.78 is 0. The van der Waals surface area contributed by atoms with E-state index in [9.17, 15) is 9.90 Å². The highest BCUT2D eigenvalue weighted by Crippen LogP contribution is 2.30. The third-order valence-corrected chi connectivity index (χ3v) is 4.45. The van der Waals surface area contributed by atoms with Crippen LogP contribution in [0.2, 0.25) is 0 Å². The van der Waals surface area contributed by atoms with Gasteiger partial charge in [-0.25, -0.2) is 0 Å².